The Bertz CT molecular complexity index is 801. The summed E-state index contributed by atoms with van der Waals surface area (Å²) in [6.07, 6.45) is 1.13. The number of hydrogen-bond acceptors (Lipinski definition) is 7. The molecule has 15 nitrogen and oxygen atoms in total. The highest BCUT2D eigenvalue weighted by molar-refractivity contribution is 7.74. The lowest BCUT2D eigenvalue weighted by Crippen LogP contribution is -2.43. The topological polar surface area (TPSA) is 277 Å². The van der Waals surface area contributed by atoms with Crippen LogP contribution in [0.3, 0.4) is 0 Å². The van der Waals surface area contributed by atoms with Gasteiger partial charge in [-0.25, -0.2) is 0 Å². The third-order valence-corrected chi connectivity index (χ3v) is 13.7. The molecule has 2 unspecified atom stereocenters. The Morgan fingerprint density at radius 2 is 1.40 bits per heavy atom. The lowest BCUT2D eigenvalue weighted by Gasteiger charge is -2.34. The van der Waals surface area contributed by atoms with Gasteiger partial charge >= 0.3 is 30.3 Å². The van der Waals surface area contributed by atoms with Crippen LogP contribution in [0.15, 0.2) is 0 Å². The Kier molecular flexibility index (Phi) is 8.88. The van der Waals surface area contributed by atoms with Crippen LogP contribution in [0, 0.1) is 0 Å². The summed E-state index contributed by atoms with van der Waals surface area (Å²) < 4.78 is 45.1. The van der Waals surface area contributed by atoms with Gasteiger partial charge < -0.3 is 40.0 Å². The molecule has 2 aliphatic rings. The van der Waals surface area contributed by atoms with Crippen molar-refractivity contribution in [3.63, 3.8) is 0 Å². The van der Waals surface area contributed by atoms with Crippen LogP contribution in [-0.4, -0.2) is 56.7 Å². The van der Waals surface area contributed by atoms with Crippen molar-refractivity contribution in [2.24, 2.45) is 5.73 Å². The zero-order valence-electron chi connectivity index (χ0n) is 15.7. The molecule has 30 heavy (non-hydrogen) atoms. The molecular formula is C11H27N3O12P4. The van der Waals surface area contributed by atoms with Crippen molar-refractivity contribution in [3.8, 4) is 0 Å². The third kappa shape index (κ3) is 5.88. The van der Waals surface area contributed by atoms with Gasteiger partial charge in [-0.1, -0.05) is 12.8 Å². The molecule has 2 heterocycles. The number of nitrogens with two attached hydrogens (primary N) is 1. The number of carbonyl (C=O) groups is 1. The predicted molar refractivity (Wildman–Crippen MR) is 104 cm³/mol. The normalized spacial score (nSPS) is 30.9. The van der Waals surface area contributed by atoms with E-state index < -0.39 is 46.3 Å². The van der Waals surface area contributed by atoms with E-state index in [4.69, 9.17) is 35.1 Å². The third-order valence-electron chi connectivity index (χ3n) is 4.83. The molecule has 0 aromatic carbocycles. The lowest BCUT2D eigenvalue weighted by atomic mass is 10.2. The smallest absolute Gasteiger partial charge is 0.327 e. The Hall–Kier alpha value is 0.0300. The monoisotopic (exact) mass is 517 g/mol. The second kappa shape index (κ2) is 9.49. The molecule has 0 bridgehead atoms. The quantitative estimate of drug-likeness (QED) is 0.210. The summed E-state index contributed by atoms with van der Waals surface area (Å²) in [6.45, 7) is 0.205. The van der Waals surface area contributed by atoms with Gasteiger partial charge in [0, 0.05) is 6.42 Å². The minimum Gasteiger partial charge on any atom is -0.327 e. The predicted octanol–water partition coefficient (Wildman–Crippen LogP) is -0.579. The second-order valence-electron chi connectivity index (χ2n) is 7.03. The van der Waals surface area contributed by atoms with E-state index in [1.54, 1.807) is 5.09 Å². The number of rotatable bonds is 3. The summed E-state index contributed by atoms with van der Waals surface area (Å²) in [5.41, 5.74) is 5.29. The fraction of sp³-hybridized carbons (Fsp3) is 0.909. The molecule has 19 heteroatoms. The Morgan fingerprint density at radius 1 is 0.867 bits per heavy atom. The van der Waals surface area contributed by atoms with Gasteiger partial charge in [-0.2, -0.15) is 0 Å². The van der Waals surface area contributed by atoms with Crippen molar-refractivity contribution >= 4 is 36.2 Å². The zero-order valence-corrected chi connectivity index (χ0v) is 19.3. The fourth-order valence-corrected chi connectivity index (χ4v) is 9.03. The average molecular weight is 517 g/mol. The van der Waals surface area contributed by atoms with Crippen molar-refractivity contribution in [2.45, 2.75) is 55.0 Å². The first-order chi connectivity index (χ1) is 13.3. The molecule has 0 saturated carbocycles. The molecule has 178 valence electrons. The number of carbonyl (C=O) groups excluding carboxylic acids is 1. The minimum atomic E-state index is -4.98. The molecule has 0 spiro atoms. The van der Waals surface area contributed by atoms with Crippen LogP contribution in [0.5, 0.6) is 0 Å². The van der Waals surface area contributed by atoms with Gasteiger partial charge in [-0.15, -0.1) is 0 Å². The zero-order chi connectivity index (χ0) is 23.6. The summed E-state index contributed by atoms with van der Waals surface area (Å²) in [4.78, 5) is 74.7. The summed E-state index contributed by atoms with van der Waals surface area (Å²) >= 11 is 0. The van der Waals surface area contributed by atoms with E-state index in [1.807, 2.05) is 0 Å². The molecule has 11 N–H and O–H groups in total. The van der Waals surface area contributed by atoms with Crippen molar-refractivity contribution in [1.29, 1.82) is 0 Å². The Balaban J connectivity index is 0.000000300. The molecule has 0 aromatic heterocycles. The largest absolute Gasteiger partial charge is 0.357 e. The molecule has 2 rings (SSSR count). The SMILES string of the molecule is NC1(P(=O)(O)O)CCCC(=O)NP1(=O)O.O=P(O)(O)C1(P(=O)(O)O)CCCCCN1. The van der Waals surface area contributed by atoms with Gasteiger partial charge in [-0.05, 0) is 32.2 Å². The van der Waals surface area contributed by atoms with Crippen molar-refractivity contribution in [2.75, 3.05) is 6.54 Å². The molecule has 2 saturated heterocycles. The summed E-state index contributed by atoms with van der Waals surface area (Å²) in [5, 5.41) is -0.937. The minimum absolute atomic E-state index is 0.0536. The van der Waals surface area contributed by atoms with E-state index in [0.29, 0.717) is 19.3 Å². The molecule has 0 aliphatic carbocycles. The van der Waals surface area contributed by atoms with Crippen LogP contribution in [0.25, 0.3) is 0 Å². The van der Waals surface area contributed by atoms with Crippen LogP contribution in [0.2, 0.25) is 0 Å². The van der Waals surface area contributed by atoms with E-state index in [0.717, 1.165) is 0 Å². The fourth-order valence-electron chi connectivity index (χ4n) is 3.02. The van der Waals surface area contributed by atoms with Crippen molar-refractivity contribution in [1.82, 2.24) is 10.4 Å². The molecule has 0 radical (unpaired) electrons. The van der Waals surface area contributed by atoms with Crippen LogP contribution in [0.1, 0.15) is 44.9 Å². The molecule has 2 aliphatic heterocycles. The van der Waals surface area contributed by atoms with E-state index in [1.165, 1.54) is 0 Å². The van der Waals surface area contributed by atoms with Crippen LogP contribution >= 0.6 is 30.3 Å². The Labute approximate surface area is 171 Å². The van der Waals surface area contributed by atoms with Crippen molar-refractivity contribution in [3.05, 3.63) is 0 Å². The second-order valence-corrected chi connectivity index (χ2v) is 15.5. The van der Waals surface area contributed by atoms with Gasteiger partial charge in [0.05, 0.1) is 0 Å². The van der Waals surface area contributed by atoms with Gasteiger partial charge in [-0.3, -0.25) is 33.5 Å². The molecule has 1 amide bonds. The molecular weight excluding hydrogens is 490 g/mol. The maximum Gasteiger partial charge on any atom is 0.357 e. The van der Waals surface area contributed by atoms with Gasteiger partial charge in [0.2, 0.25) is 15.9 Å². The first-order valence-corrected chi connectivity index (χ1v) is 15.2. The standard InChI is InChI=1S/C6H15NO6P2.C5H12N2O6P2/c8-14(9,10)6(15(11,12)13)4-2-1-3-5-7-6;6-5(15(11,12)13)3-1-2-4(8)7-14(5,9)10/h7H,1-5H2,(H2,8,9,10)(H2,11,12,13);1-3,6H2,(H2,11,12,13)(H2,7,8,9,10). The Morgan fingerprint density at radius 3 is 1.87 bits per heavy atom. The average Bonchev–Trinajstić information content (AvgIpc) is 2.83. The highest BCUT2D eigenvalue weighted by Gasteiger charge is 2.60. The maximum absolute atomic E-state index is 11.6. The lowest BCUT2D eigenvalue weighted by molar-refractivity contribution is -0.119. The van der Waals surface area contributed by atoms with Crippen LogP contribution in [0.4, 0.5) is 0 Å². The highest BCUT2D eigenvalue weighted by atomic mass is 31.2. The van der Waals surface area contributed by atoms with E-state index >= 15 is 0 Å². The number of amides is 1. The first-order valence-electron chi connectivity index (χ1n) is 8.66. The number of nitrogens with one attached hydrogen (secondary N) is 2. The summed E-state index contributed by atoms with van der Waals surface area (Å²) in [6, 6.07) is 0. The van der Waals surface area contributed by atoms with E-state index in [9.17, 15) is 27.9 Å². The van der Waals surface area contributed by atoms with E-state index in [2.05, 4.69) is 5.32 Å². The van der Waals surface area contributed by atoms with E-state index in [-0.39, 0.29) is 32.2 Å². The number of hydrogen-bond donors (Lipinski definition) is 10. The summed E-state index contributed by atoms with van der Waals surface area (Å²) in [7, 11) is -19.4. The van der Waals surface area contributed by atoms with Gasteiger partial charge in [0.1, 0.15) is 0 Å². The van der Waals surface area contributed by atoms with Crippen molar-refractivity contribution < 1.29 is 57.3 Å². The highest BCUT2D eigenvalue weighted by Crippen LogP contribution is 2.70. The maximum atomic E-state index is 11.6. The summed E-state index contributed by atoms with van der Waals surface area (Å²) in [5.74, 6) is -0.735. The molecule has 2 atom stereocenters. The van der Waals surface area contributed by atoms with Gasteiger partial charge in [0.15, 0.2) is 0 Å². The van der Waals surface area contributed by atoms with Crippen LogP contribution in [-0.2, 0) is 23.1 Å². The van der Waals surface area contributed by atoms with Crippen LogP contribution < -0.4 is 16.1 Å². The first kappa shape index (κ1) is 28.1. The molecule has 0 aromatic rings. The van der Waals surface area contributed by atoms with Gasteiger partial charge in [0.25, 0.3) is 0 Å². The molecule has 2 fully saturated rings.